The summed E-state index contributed by atoms with van der Waals surface area (Å²) in [6.07, 6.45) is -2.79. The molecule has 0 radical (unpaired) electrons. The van der Waals surface area contributed by atoms with Crippen LogP contribution in [0.3, 0.4) is 0 Å². The second-order valence-electron chi connectivity index (χ2n) is 5.65. The van der Waals surface area contributed by atoms with Crippen molar-refractivity contribution in [1.82, 2.24) is 5.32 Å². The predicted molar refractivity (Wildman–Crippen MR) is 76.8 cm³/mol. The molecule has 8 heteroatoms. The molecule has 1 saturated heterocycles. The van der Waals surface area contributed by atoms with Crippen molar-refractivity contribution in [3.8, 4) is 0 Å². The van der Waals surface area contributed by atoms with Gasteiger partial charge in [0.15, 0.2) is 6.29 Å². The third kappa shape index (κ3) is 5.79. The molecule has 1 heterocycles. The lowest BCUT2D eigenvalue weighted by Gasteiger charge is -2.42. The summed E-state index contributed by atoms with van der Waals surface area (Å²) in [6.45, 7) is 2.85. The van der Waals surface area contributed by atoms with Crippen molar-refractivity contribution in [1.29, 1.82) is 0 Å². The van der Waals surface area contributed by atoms with Crippen molar-refractivity contribution < 1.29 is 34.7 Å². The first-order valence-corrected chi connectivity index (χ1v) is 7.56. The lowest BCUT2D eigenvalue weighted by molar-refractivity contribution is -0.270. The number of hydrogen-bond acceptors (Lipinski definition) is 7. The van der Waals surface area contributed by atoms with Crippen LogP contribution in [0, 0.1) is 0 Å². The van der Waals surface area contributed by atoms with E-state index in [1.54, 1.807) is 6.92 Å². The number of carbonyl (C=O) groups is 1. The van der Waals surface area contributed by atoms with E-state index >= 15 is 0 Å². The van der Waals surface area contributed by atoms with E-state index in [9.17, 15) is 20.1 Å². The van der Waals surface area contributed by atoms with Crippen LogP contribution in [0.4, 0.5) is 0 Å². The van der Waals surface area contributed by atoms with Gasteiger partial charge in [-0.1, -0.05) is 0 Å². The molecule has 0 aromatic heterocycles. The van der Waals surface area contributed by atoms with Crippen LogP contribution in [0.25, 0.3) is 0 Å². The SMILES string of the molecule is CC(=O)NC1C(O)[C@@H](O)C(CO)O[C@H]1OCCCCC(C)O. The van der Waals surface area contributed by atoms with Crippen LogP contribution >= 0.6 is 0 Å². The lowest BCUT2D eigenvalue weighted by atomic mass is 9.97. The molecule has 22 heavy (non-hydrogen) atoms. The molecule has 1 fully saturated rings. The minimum Gasteiger partial charge on any atom is -0.394 e. The molecular weight excluding hydrogens is 294 g/mol. The van der Waals surface area contributed by atoms with Gasteiger partial charge in [-0.2, -0.15) is 0 Å². The Labute approximate surface area is 130 Å². The minimum absolute atomic E-state index is 0.314. The highest BCUT2D eigenvalue weighted by molar-refractivity contribution is 5.73. The second-order valence-corrected chi connectivity index (χ2v) is 5.65. The molecule has 1 aliphatic rings. The first kappa shape index (κ1) is 19.3. The quantitative estimate of drug-likeness (QED) is 0.344. The lowest BCUT2D eigenvalue weighted by Crippen LogP contribution is -2.64. The molecule has 0 aliphatic carbocycles. The van der Waals surface area contributed by atoms with Crippen molar-refractivity contribution in [3.63, 3.8) is 0 Å². The monoisotopic (exact) mass is 321 g/mol. The minimum atomic E-state index is -1.31. The molecule has 1 rings (SSSR count). The third-order valence-electron chi connectivity index (χ3n) is 3.55. The van der Waals surface area contributed by atoms with Crippen LogP contribution < -0.4 is 5.32 Å². The highest BCUT2D eigenvalue weighted by Gasteiger charge is 2.45. The van der Waals surface area contributed by atoms with Gasteiger partial charge in [-0.15, -0.1) is 0 Å². The molecule has 4 unspecified atom stereocenters. The van der Waals surface area contributed by atoms with Crippen LogP contribution in [-0.2, 0) is 14.3 Å². The number of nitrogens with one attached hydrogen (secondary N) is 1. The molecule has 0 bridgehead atoms. The highest BCUT2D eigenvalue weighted by Crippen LogP contribution is 2.22. The summed E-state index contributed by atoms with van der Waals surface area (Å²) in [5.41, 5.74) is 0. The molecule has 0 spiro atoms. The summed E-state index contributed by atoms with van der Waals surface area (Å²) in [5, 5.41) is 40.7. The van der Waals surface area contributed by atoms with Gasteiger partial charge in [0.25, 0.3) is 0 Å². The van der Waals surface area contributed by atoms with Crippen molar-refractivity contribution in [3.05, 3.63) is 0 Å². The van der Waals surface area contributed by atoms with Crippen molar-refractivity contribution in [2.45, 2.75) is 69.9 Å². The zero-order valence-electron chi connectivity index (χ0n) is 13.0. The van der Waals surface area contributed by atoms with Crippen molar-refractivity contribution >= 4 is 5.91 Å². The number of aliphatic hydroxyl groups is 4. The number of rotatable bonds is 8. The Morgan fingerprint density at radius 1 is 1.32 bits per heavy atom. The summed E-state index contributed by atoms with van der Waals surface area (Å²) < 4.78 is 10.9. The van der Waals surface area contributed by atoms with Crippen LogP contribution in [0.5, 0.6) is 0 Å². The van der Waals surface area contributed by atoms with Gasteiger partial charge in [0, 0.05) is 13.5 Å². The van der Waals surface area contributed by atoms with Gasteiger partial charge in [-0.25, -0.2) is 0 Å². The third-order valence-corrected chi connectivity index (χ3v) is 3.55. The van der Waals surface area contributed by atoms with Crippen LogP contribution in [-0.4, -0.2) is 76.3 Å². The zero-order valence-corrected chi connectivity index (χ0v) is 13.0. The fraction of sp³-hybridized carbons (Fsp3) is 0.929. The maximum Gasteiger partial charge on any atom is 0.217 e. The number of hydrogen-bond donors (Lipinski definition) is 5. The molecular formula is C14H27NO7. The first-order valence-electron chi connectivity index (χ1n) is 7.56. The molecule has 0 aromatic rings. The normalized spacial score (nSPS) is 33.5. The van der Waals surface area contributed by atoms with Gasteiger partial charge in [-0.3, -0.25) is 4.79 Å². The molecule has 130 valence electrons. The Morgan fingerprint density at radius 2 is 2.00 bits per heavy atom. The van der Waals surface area contributed by atoms with E-state index in [4.69, 9.17) is 14.6 Å². The summed E-state index contributed by atoms with van der Waals surface area (Å²) in [7, 11) is 0. The van der Waals surface area contributed by atoms with Gasteiger partial charge in [0.1, 0.15) is 24.4 Å². The average molecular weight is 321 g/mol. The molecule has 6 atom stereocenters. The van der Waals surface area contributed by atoms with Gasteiger partial charge in [0.05, 0.1) is 12.7 Å². The highest BCUT2D eigenvalue weighted by atomic mass is 16.7. The Hall–Kier alpha value is -0.770. The molecule has 1 aliphatic heterocycles. The van der Waals surface area contributed by atoms with E-state index in [0.717, 1.165) is 6.42 Å². The number of amides is 1. The fourth-order valence-electron chi connectivity index (χ4n) is 2.35. The molecule has 8 nitrogen and oxygen atoms in total. The zero-order chi connectivity index (χ0) is 16.7. The molecule has 0 saturated carbocycles. The summed E-state index contributed by atoms with van der Waals surface area (Å²) in [6, 6.07) is -0.910. The van der Waals surface area contributed by atoms with Gasteiger partial charge < -0.3 is 35.2 Å². The fourth-order valence-corrected chi connectivity index (χ4v) is 2.35. The van der Waals surface area contributed by atoms with Crippen molar-refractivity contribution in [2.24, 2.45) is 0 Å². The average Bonchev–Trinajstić information content (AvgIpc) is 2.45. The van der Waals surface area contributed by atoms with Gasteiger partial charge in [-0.05, 0) is 26.2 Å². The Balaban J connectivity index is 2.55. The van der Waals surface area contributed by atoms with Crippen molar-refractivity contribution in [2.75, 3.05) is 13.2 Å². The number of unbranched alkanes of at least 4 members (excludes halogenated alkanes) is 1. The summed E-state index contributed by atoms with van der Waals surface area (Å²) >= 11 is 0. The van der Waals surface area contributed by atoms with Gasteiger partial charge >= 0.3 is 0 Å². The topological polar surface area (TPSA) is 128 Å². The molecule has 1 amide bonds. The maximum atomic E-state index is 11.2. The smallest absolute Gasteiger partial charge is 0.217 e. The van der Waals surface area contributed by atoms with Crippen LogP contribution in [0.1, 0.15) is 33.1 Å². The molecule has 5 N–H and O–H groups in total. The summed E-state index contributed by atoms with van der Waals surface area (Å²) in [5.74, 6) is -0.384. The van der Waals surface area contributed by atoms with E-state index in [1.807, 2.05) is 0 Å². The molecule has 0 aromatic carbocycles. The standard InChI is InChI=1S/C14H27NO7/c1-8(17)5-3-4-6-21-14-11(15-9(2)18)13(20)12(19)10(7-16)22-14/h8,10-14,16-17,19-20H,3-7H2,1-2H3,(H,15,18)/t8?,10?,11?,12-,13?,14+/m0/s1. The van der Waals surface area contributed by atoms with E-state index in [-0.39, 0.29) is 12.0 Å². The van der Waals surface area contributed by atoms with E-state index in [1.165, 1.54) is 6.92 Å². The van der Waals surface area contributed by atoms with E-state index in [0.29, 0.717) is 19.4 Å². The Morgan fingerprint density at radius 3 is 2.55 bits per heavy atom. The second kappa shape index (κ2) is 9.39. The number of carbonyl (C=O) groups excluding carboxylic acids is 1. The Bertz CT molecular complexity index is 339. The van der Waals surface area contributed by atoms with Crippen LogP contribution in [0.15, 0.2) is 0 Å². The summed E-state index contributed by atoms with van der Waals surface area (Å²) in [4.78, 5) is 11.2. The number of aliphatic hydroxyl groups excluding tert-OH is 4. The maximum absolute atomic E-state index is 11.2. The predicted octanol–water partition coefficient (Wildman–Crippen LogP) is -1.50. The number of ether oxygens (including phenoxy) is 2. The van der Waals surface area contributed by atoms with Gasteiger partial charge in [0.2, 0.25) is 5.91 Å². The van der Waals surface area contributed by atoms with E-state index < -0.39 is 37.3 Å². The van der Waals surface area contributed by atoms with E-state index in [2.05, 4.69) is 5.32 Å². The first-order chi connectivity index (χ1) is 10.4. The Kier molecular flexibility index (Phi) is 8.23. The van der Waals surface area contributed by atoms with Crippen LogP contribution in [0.2, 0.25) is 0 Å². The largest absolute Gasteiger partial charge is 0.394 e.